The van der Waals surface area contributed by atoms with Crippen LogP contribution in [0.15, 0.2) is 24.5 Å². The summed E-state index contributed by atoms with van der Waals surface area (Å²) in [7, 11) is 1.62. The molecule has 2 aromatic rings. The molecule has 2 rings (SSSR count). The first kappa shape index (κ1) is 13.5. The highest BCUT2D eigenvalue weighted by Crippen LogP contribution is 2.28. The molecule has 2 heterocycles. The van der Waals surface area contributed by atoms with Gasteiger partial charge in [0, 0.05) is 12.7 Å². The molecule has 0 aliphatic heterocycles. The average molecular weight is 261 g/mol. The highest BCUT2D eigenvalue weighted by molar-refractivity contribution is 5.34. The van der Waals surface area contributed by atoms with E-state index in [0.717, 1.165) is 23.5 Å². The fraction of sp³-hybridized carbons (Fsp3) is 0.385. The number of hydrazine groups is 1. The zero-order valence-corrected chi connectivity index (χ0v) is 11.4. The summed E-state index contributed by atoms with van der Waals surface area (Å²) in [5.41, 5.74) is 5.65. The van der Waals surface area contributed by atoms with Gasteiger partial charge in [0.1, 0.15) is 11.7 Å². The van der Waals surface area contributed by atoms with Gasteiger partial charge in [-0.2, -0.15) is 5.10 Å². The smallest absolute Gasteiger partial charge is 0.162 e. The Morgan fingerprint density at radius 1 is 1.53 bits per heavy atom. The van der Waals surface area contributed by atoms with Crippen molar-refractivity contribution < 1.29 is 4.74 Å². The lowest BCUT2D eigenvalue weighted by atomic mass is 10.1. The van der Waals surface area contributed by atoms with Crippen LogP contribution >= 0.6 is 0 Å². The first-order valence-corrected chi connectivity index (χ1v) is 6.19. The highest BCUT2D eigenvalue weighted by Gasteiger charge is 2.23. The third-order valence-corrected chi connectivity index (χ3v) is 3.04. The number of methoxy groups -OCH3 is 1. The van der Waals surface area contributed by atoms with Crippen LogP contribution in [0.2, 0.25) is 0 Å². The SMILES string of the molecule is CCn1ncc(OC)c1C(NN)c1cc(C)ccn1. The van der Waals surface area contributed by atoms with Crippen LogP contribution in [0.3, 0.4) is 0 Å². The Morgan fingerprint density at radius 3 is 2.89 bits per heavy atom. The van der Waals surface area contributed by atoms with Crippen LogP contribution in [0.1, 0.15) is 29.9 Å². The molecule has 0 fully saturated rings. The molecule has 0 aliphatic carbocycles. The van der Waals surface area contributed by atoms with Crippen LogP contribution in [0.25, 0.3) is 0 Å². The van der Waals surface area contributed by atoms with Crippen molar-refractivity contribution in [3.8, 4) is 5.75 Å². The minimum absolute atomic E-state index is 0.253. The van der Waals surface area contributed by atoms with Crippen LogP contribution in [0, 0.1) is 6.92 Å². The number of pyridine rings is 1. The normalized spacial score (nSPS) is 12.4. The minimum Gasteiger partial charge on any atom is -0.493 e. The van der Waals surface area contributed by atoms with E-state index < -0.39 is 0 Å². The van der Waals surface area contributed by atoms with Crippen molar-refractivity contribution >= 4 is 0 Å². The first-order chi connectivity index (χ1) is 9.21. The molecular formula is C13H19N5O. The second kappa shape index (κ2) is 5.81. The fourth-order valence-corrected chi connectivity index (χ4v) is 2.10. The summed E-state index contributed by atoms with van der Waals surface area (Å²) >= 11 is 0. The molecule has 0 amide bonds. The molecule has 0 saturated carbocycles. The topological polar surface area (TPSA) is 78.0 Å². The van der Waals surface area contributed by atoms with Crippen LogP contribution < -0.4 is 16.0 Å². The second-order valence-electron chi connectivity index (χ2n) is 4.27. The van der Waals surface area contributed by atoms with E-state index in [0.29, 0.717) is 5.75 Å². The van der Waals surface area contributed by atoms with Crippen LogP contribution in [-0.2, 0) is 6.54 Å². The number of ether oxygens (including phenoxy) is 1. The number of nitrogens with two attached hydrogens (primary N) is 1. The Morgan fingerprint density at radius 2 is 2.32 bits per heavy atom. The van der Waals surface area contributed by atoms with Gasteiger partial charge in [-0.25, -0.2) is 5.43 Å². The predicted octanol–water partition coefficient (Wildman–Crippen LogP) is 1.17. The van der Waals surface area contributed by atoms with Gasteiger partial charge in [0.2, 0.25) is 0 Å². The molecule has 6 heteroatoms. The van der Waals surface area contributed by atoms with Crippen molar-refractivity contribution in [2.75, 3.05) is 7.11 Å². The molecular weight excluding hydrogens is 242 g/mol. The molecule has 3 N–H and O–H groups in total. The van der Waals surface area contributed by atoms with E-state index in [1.165, 1.54) is 0 Å². The van der Waals surface area contributed by atoms with Crippen LogP contribution in [-0.4, -0.2) is 21.9 Å². The van der Waals surface area contributed by atoms with E-state index >= 15 is 0 Å². The largest absolute Gasteiger partial charge is 0.493 e. The minimum atomic E-state index is -0.253. The van der Waals surface area contributed by atoms with Gasteiger partial charge in [0.15, 0.2) is 5.75 Å². The van der Waals surface area contributed by atoms with E-state index in [1.54, 1.807) is 19.5 Å². The van der Waals surface area contributed by atoms with E-state index in [-0.39, 0.29) is 6.04 Å². The van der Waals surface area contributed by atoms with Gasteiger partial charge in [0.05, 0.1) is 19.0 Å². The van der Waals surface area contributed by atoms with Gasteiger partial charge < -0.3 is 4.74 Å². The van der Waals surface area contributed by atoms with Crippen LogP contribution in [0.4, 0.5) is 0 Å². The molecule has 6 nitrogen and oxygen atoms in total. The van der Waals surface area contributed by atoms with Gasteiger partial charge in [0.25, 0.3) is 0 Å². The molecule has 0 spiro atoms. The Kier molecular flexibility index (Phi) is 4.13. The molecule has 1 unspecified atom stereocenters. The second-order valence-corrected chi connectivity index (χ2v) is 4.27. The summed E-state index contributed by atoms with van der Waals surface area (Å²) in [5.74, 6) is 6.41. The van der Waals surface area contributed by atoms with Crippen molar-refractivity contribution in [2.24, 2.45) is 5.84 Å². The van der Waals surface area contributed by atoms with E-state index in [2.05, 4.69) is 15.5 Å². The molecule has 0 bridgehead atoms. The van der Waals surface area contributed by atoms with E-state index in [9.17, 15) is 0 Å². The first-order valence-electron chi connectivity index (χ1n) is 6.19. The van der Waals surface area contributed by atoms with Crippen molar-refractivity contribution in [3.05, 3.63) is 41.5 Å². The van der Waals surface area contributed by atoms with Gasteiger partial charge in [-0.1, -0.05) is 0 Å². The monoisotopic (exact) mass is 261 g/mol. The zero-order valence-electron chi connectivity index (χ0n) is 11.4. The molecule has 0 aromatic carbocycles. The maximum absolute atomic E-state index is 5.71. The van der Waals surface area contributed by atoms with Gasteiger partial charge in [-0.3, -0.25) is 15.5 Å². The number of aryl methyl sites for hydroxylation is 2. The summed E-state index contributed by atoms with van der Waals surface area (Å²) in [4.78, 5) is 4.38. The van der Waals surface area contributed by atoms with Crippen molar-refractivity contribution in [1.29, 1.82) is 0 Å². The Balaban J connectivity index is 2.50. The number of nitrogens with one attached hydrogen (secondary N) is 1. The molecule has 1 atom stereocenters. The quantitative estimate of drug-likeness (QED) is 0.624. The molecule has 102 valence electrons. The number of hydrogen-bond donors (Lipinski definition) is 2. The average Bonchev–Trinajstić information content (AvgIpc) is 2.83. The van der Waals surface area contributed by atoms with Crippen molar-refractivity contribution in [2.45, 2.75) is 26.4 Å². The Labute approximate surface area is 112 Å². The third kappa shape index (κ3) is 2.59. The van der Waals surface area contributed by atoms with Crippen molar-refractivity contribution in [1.82, 2.24) is 20.2 Å². The molecule has 19 heavy (non-hydrogen) atoms. The van der Waals surface area contributed by atoms with Crippen LogP contribution in [0.5, 0.6) is 5.75 Å². The molecule has 0 aliphatic rings. The predicted molar refractivity (Wildman–Crippen MR) is 72.6 cm³/mol. The maximum Gasteiger partial charge on any atom is 0.162 e. The number of aromatic nitrogens is 3. The molecule has 0 radical (unpaired) electrons. The summed E-state index contributed by atoms with van der Waals surface area (Å²) in [6, 6.07) is 3.69. The van der Waals surface area contributed by atoms with Gasteiger partial charge in [-0.15, -0.1) is 0 Å². The summed E-state index contributed by atoms with van der Waals surface area (Å²) < 4.78 is 7.21. The lowest BCUT2D eigenvalue weighted by molar-refractivity contribution is 0.398. The molecule has 2 aromatic heterocycles. The summed E-state index contributed by atoms with van der Waals surface area (Å²) in [6.07, 6.45) is 3.47. The van der Waals surface area contributed by atoms with Gasteiger partial charge >= 0.3 is 0 Å². The fourth-order valence-electron chi connectivity index (χ4n) is 2.10. The van der Waals surface area contributed by atoms with E-state index in [1.807, 2.05) is 30.7 Å². The zero-order chi connectivity index (χ0) is 13.8. The molecule has 0 saturated heterocycles. The summed E-state index contributed by atoms with van der Waals surface area (Å²) in [6.45, 7) is 4.78. The Bertz CT molecular complexity index is 530. The third-order valence-electron chi connectivity index (χ3n) is 3.04. The standard InChI is InChI=1S/C13H19N5O/c1-4-18-13(11(19-3)8-16-18)12(17-14)10-7-9(2)5-6-15-10/h5-8,12,17H,4,14H2,1-3H3. The Hall–Kier alpha value is -1.92. The number of hydrogen-bond acceptors (Lipinski definition) is 5. The highest BCUT2D eigenvalue weighted by atomic mass is 16.5. The lowest BCUT2D eigenvalue weighted by Crippen LogP contribution is -2.31. The maximum atomic E-state index is 5.71. The van der Waals surface area contributed by atoms with Crippen molar-refractivity contribution in [3.63, 3.8) is 0 Å². The van der Waals surface area contributed by atoms with E-state index in [4.69, 9.17) is 10.6 Å². The lowest BCUT2D eigenvalue weighted by Gasteiger charge is -2.18. The number of rotatable bonds is 5. The summed E-state index contributed by atoms with van der Waals surface area (Å²) in [5, 5.41) is 4.29. The number of nitrogens with zero attached hydrogens (tertiary/aromatic N) is 3. The van der Waals surface area contributed by atoms with Gasteiger partial charge in [-0.05, 0) is 31.5 Å².